The van der Waals surface area contributed by atoms with Crippen molar-refractivity contribution in [2.75, 3.05) is 5.32 Å². The van der Waals surface area contributed by atoms with Gasteiger partial charge in [-0.2, -0.15) is 0 Å². The summed E-state index contributed by atoms with van der Waals surface area (Å²) in [4.78, 5) is 38.4. The van der Waals surface area contributed by atoms with Gasteiger partial charge in [0.25, 0.3) is 0 Å². The topological polar surface area (TPSA) is 78.5 Å². The number of carbonyl (C=O) groups is 3. The van der Waals surface area contributed by atoms with Crippen molar-refractivity contribution in [2.24, 2.45) is 0 Å². The zero-order chi connectivity index (χ0) is 20.3. The third-order valence-electron chi connectivity index (χ3n) is 4.32. The standard InChI is InChI=1S/C19H16BrCl2N3O3/c20-13-3-1-2-4-15(13)24-19(28)25-16(7-8-17(25)26)18(27)23-10-11-5-6-12(21)9-14(11)22/h1-6,9,16H,7-8,10H2,(H,23,27)(H,24,28). The van der Waals surface area contributed by atoms with E-state index in [1.165, 1.54) is 0 Å². The number of urea groups is 1. The Kier molecular flexibility index (Phi) is 6.59. The van der Waals surface area contributed by atoms with Crippen molar-refractivity contribution in [1.82, 2.24) is 10.2 Å². The minimum absolute atomic E-state index is 0.128. The molecule has 1 aliphatic rings. The Balaban J connectivity index is 1.68. The normalized spacial score (nSPS) is 16.2. The van der Waals surface area contributed by atoms with Gasteiger partial charge in [0.15, 0.2) is 0 Å². The first-order chi connectivity index (χ1) is 13.4. The number of imide groups is 1. The van der Waals surface area contributed by atoms with Gasteiger partial charge >= 0.3 is 6.03 Å². The minimum Gasteiger partial charge on any atom is -0.350 e. The highest BCUT2D eigenvalue weighted by Gasteiger charge is 2.40. The number of anilines is 1. The van der Waals surface area contributed by atoms with E-state index >= 15 is 0 Å². The van der Waals surface area contributed by atoms with E-state index in [1.54, 1.807) is 42.5 Å². The number of likely N-dealkylation sites (tertiary alicyclic amines) is 1. The molecule has 1 saturated heterocycles. The van der Waals surface area contributed by atoms with Crippen molar-refractivity contribution < 1.29 is 14.4 Å². The monoisotopic (exact) mass is 483 g/mol. The number of nitrogens with zero attached hydrogens (tertiary/aromatic N) is 1. The summed E-state index contributed by atoms with van der Waals surface area (Å²) in [5.74, 6) is -0.812. The quantitative estimate of drug-likeness (QED) is 0.665. The number of carbonyl (C=O) groups excluding carboxylic acids is 3. The van der Waals surface area contributed by atoms with E-state index in [-0.39, 0.29) is 19.4 Å². The van der Waals surface area contributed by atoms with E-state index in [1.807, 2.05) is 0 Å². The van der Waals surface area contributed by atoms with Crippen molar-refractivity contribution in [3.63, 3.8) is 0 Å². The summed E-state index contributed by atoms with van der Waals surface area (Å²) in [6.45, 7) is 0.166. The molecule has 1 aliphatic heterocycles. The van der Waals surface area contributed by atoms with Gasteiger partial charge in [0.05, 0.1) is 5.69 Å². The molecule has 146 valence electrons. The number of halogens is 3. The fraction of sp³-hybridized carbons (Fsp3) is 0.211. The third-order valence-corrected chi connectivity index (χ3v) is 5.60. The first-order valence-corrected chi connectivity index (χ1v) is 10.0. The lowest BCUT2D eigenvalue weighted by atomic mass is 10.2. The summed E-state index contributed by atoms with van der Waals surface area (Å²) in [7, 11) is 0. The average molecular weight is 485 g/mol. The molecule has 1 fully saturated rings. The molecular formula is C19H16BrCl2N3O3. The van der Waals surface area contributed by atoms with Crippen LogP contribution >= 0.6 is 39.1 Å². The molecule has 2 N–H and O–H groups in total. The van der Waals surface area contributed by atoms with Crippen LogP contribution in [0.5, 0.6) is 0 Å². The number of hydrogen-bond acceptors (Lipinski definition) is 3. The van der Waals surface area contributed by atoms with E-state index in [0.29, 0.717) is 25.8 Å². The lowest BCUT2D eigenvalue weighted by Gasteiger charge is -2.23. The van der Waals surface area contributed by atoms with Gasteiger partial charge < -0.3 is 10.6 Å². The molecule has 0 radical (unpaired) electrons. The first kappa shape index (κ1) is 20.6. The lowest BCUT2D eigenvalue weighted by Crippen LogP contribution is -2.49. The minimum atomic E-state index is -0.874. The zero-order valence-corrected chi connectivity index (χ0v) is 17.6. The molecule has 1 heterocycles. The van der Waals surface area contributed by atoms with Crippen LogP contribution in [-0.2, 0) is 16.1 Å². The summed E-state index contributed by atoms with van der Waals surface area (Å²) < 4.78 is 0.674. The number of hydrogen-bond donors (Lipinski definition) is 2. The van der Waals surface area contributed by atoms with Crippen molar-refractivity contribution >= 4 is 62.7 Å². The molecule has 0 aromatic heterocycles. The predicted octanol–water partition coefficient (Wildman–Crippen LogP) is 4.60. The Hall–Kier alpha value is -2.09. The predicted molar refractivity (Wildman–Crippen MR) is 111 cm³/mol. The van der Waals surface area contributed by atoms with E-state index < -0.39 is 23.9 Å². The molecule has 9 heteroatoms. The molecule has 6 nitrogen and oxygen atoms in total. The smallest absolute Gasteiger partial charge is 0.329 e. The van der Waals surface area contributed by atoms with Crippen molar-refractivity contribution in [3.8, 4) is 0 Å². The van der Waals surface area contributed by atoms with Crippen molar-refractivity contribution in [2.45, 2.75) is 25.4 Å². The van der Waals surface area contributed by atoms with Crippen LogP contribution in [0.3, 0.4) is 0 Å². The van der Waals surface area contributed by atoms with Gasteiger partial charge in [0, 0.05) is 27.5 Å². The average Bonchev–Trinajstić information content (AvgIpc) is 3.04. The third kappa shape index (κ3) is 4.66. The SMILES string of the molecule is O=C(NCc1ccc(Cl)cc1Cl)C1CCC(=O)N1C(=O)Nc1ccccc1Br. The fourth-order valence-corrected chi connectivity index (χ4v) is 3.75. The van der Waals surface area contributed by atoms with Crippen LogP contribution in [0.25, 0.3) is 0 Å². The molecule has 0 saturated carbocycles. The van der Waals surface area contributed by atoms with Crippen molar-refractivity contribution in [1.29, 1.82) is 0 Å². The second kappa shape index (κ2) is 8.94. The largest absolute Gasteiger partial charge is 0.350 e. The van der Waals surface area contributed by atoms with Crippen LogP contribution in [0.2, 0.25) is 10.0 Å². The van der Waals surface area contributed by atoms with Gasteiger partial charge in [-0.25, -0.2) is 4.79 Å². The van der Waals surface area contributed by atoms with E-state index in [4.69, 9.17) is 23.2 Å². The van der Waals surface area contributed by atoms with Crippen LogP contribution in [0, 0.1) is 0 Å². The highest BCUT2D eigenvalue weighted by molar-refractivity contribution is 9.10. The molecule has 0 aliphatic carbocycles. The maximum atomic E-state index is 12.6. The fourth-order valence-electron chi connectivity index (χ4n) is 2.89. The molecule has 2 aromatic carbocycles. The lowest BCUT2D eigenvalue weighted by molar-refractivity contribution is -0.132. The van der Waals surface area contributed by atoms with Gasteiger partial charge in [-0.15, -0.1) is 0 Å². The molecule has 1 atom stereocenters. The van der Waals surface area contributed by atoms with Gasteiger partial charge in [0.1, 0.15) is 6.04 Å². The number of nitrogens with one attached hydrogen (secondary N) is 2. The molecule has 0 bridgehead atoms. The van der Waals surface area contributed by atoms with E-state index in [0.717, 1.165) is 4.90 Å². The van der Waals surface area contributed by atoms with Gasteiger partial charge in [-0.1, -0.05) is 41.4 Å². The first-order valence-electron chi connectivity index (χ1n) is 8.46. The zero-order valence-electron chi connectivity index (χ0n) is 14.5. The summed E-state index contributed by atoms with van der Waals surface area (Å²) in [5, 5.41) is 6.32. The molecule has 1 unspecified atom stereocenters. The summed E-state index contributed by atoms with van der Waals surface area (Å²) in [6.07, 6.45) is 0.394. The second-order valence-corrected chi connectivity index (χ2v) is 7.88. The Morgan fingerprint density at radius 3 is 2.64 bits per heavy atom. The second-order valence-electron chi connectivity index (χ2n) is 6.18. The molecule has 4 amide bonds. The molecule has 2 aromatic rings. The molecule has 28 heavy (non-hydrogen) atoms. The maximum Gasteiger partial charge on any atom is 0.329 e. The van der Waals surface area contributed by atoms with Gasteiger partial charge in [-0.3, -0.25) is 14.5 Å². The van der Waals surface area contributed by atoms with Crippen LogP contribution < -0.4 is 10.6 Å². The Morgan fingerprint density at radius 2 is 1.93 bits per heavy atom. The highest BCUT2D eigenvalue weighted by Crippen LogP contribution is 2.25. The van der Waals surface area contributed by atoms with Gasteiger partial charge in [-0.05, 0) is 52.2 Å². The highest BCUT2D eigenvalue weighted by atomic mass is 79.9. The Labute approximate surface area is 180 Å². The van der Waals surface area contributed by atoms with Crippen LogP contribution in [0.15, 0.2) is 46.9 Å². The molecular weight excluding hydrogens is 469 g/mol. The number of para-hydroxylation sites is 1. The van der Waals surface area contributed by atoms with E-state index in [2.05, 4.69) is 26.6 Å². The summed E-state index contributed by atoms with van der Waals surface area (Å²) in [6, 6.07) is 10.5. The van der Waals surface area contributed by atoms with Crippen LogP contribution in [0.1, 0.15) is 18.4 Å². The molecule has 3 rings (SSSR count). The number of rotatable bonds is 4. The van der Waals surface area contributed by atoms with Crippen LogP contribution in [0.4, 0.5) is 10.5 Å². The Bertz CT molecular complexity index is 938. The maximum absolute atomic E-state index is 12.6. The van der Waals surface area contributed by atoms with Crippen molar-refractivity contribution in [3.05, 3.63) is 62.5 Å². The molecule has 0 spiro atoms. The summed E-state index contributed by atoms with van der Waals surface area (Å²) >= 11 is 15.3. The number of amides is 4. The van der Waals surface area contributed by atoms with Gasteiger partial charge in [0.2, 0.25) is 11.8 Å². The van der Waals surface area contributed by atoms with Crippen LogP contribution in [-0.4, -0.2) is 28.8 Å². The Morgan fingerprint density at radius 1 is 1.18 bits per heavy atom. The van der Waals surface area contributed by atoms with E-state index in [9.17, 15) is 14.4 Å². The summed E-state index contributed by atoms with van der Waals surface area (Å²) in [5.41, 5.74) is 1.20. The number of benzene rings is 2.